The highest BCUT2D eigenvalue weighted by Gasteiger charge is 2.38. The van der Waals surface area contributed by atoms with Crippen molar-refractivity contribution in [3.63, 3.8) is 0 Å². The zero-order valence-electron chi connectivity index (χ0n) is 12.2. The van der Waals surface area contributed by atoms with Crippen LogP contribution in [0.4, 0.5) is 5.69 Å². The maximum absolute atomic E-state index is 12.3. The molecule has 1 aliphatic rings. The van der Waals surface area contributed by atoms with E-state index in [0.29, 0.717) is 18.0 Å². The molecule has 20 heavy (non-hydrogen) atoms. The van der Waals surface area contributed by atoms with E-state index in [1.165, 1.54) is 0 Å². The molecule has 0 aliphatic carbocycles. The largest absolute Gasteiger partial charge is 0.304 e. The van der Waals surface area contributed by atoms with E-state index in [-0.39, 0.29) is 11.7 Å². The van der Waals surface area contributed by atoms with Crippen molar-refractivity contribution in [2.75, 3.05) is 16.8 Å². The molecular weight excluding hydrogens is 318 g/mol. The van der Waals surface area contributed by atoms with Crippen LogP contribution >= 0.6 is 15.9 Å². The lowest BCUT2D eigenvalue weighted by Crippen LogP contribution is -2.35. The van der Waals surface area contributed by atoms with Crippen LogP contribution in [0.15, 0.2) is 12.1 Å². The van der Waals surface area contributed by atoms with Crippen LogP contribution in [0.2, 0.25) is 0 Å². The summed E-state index contributed by atoms with van der Waals surface area (Å²) < 4.78 is 0. The highest BCUT2D eigenvalue weighted by atomic mass is 79.9. The van der Waals surface area contributed by atoms with Gasteiger partial charge in [-0.05, 0) is 37.3 Å². The Hall–Kier alpha value is -1.16. The topological polar surface area (TPSA) is 37.4 Å². The molecule has 0 saturated heterocycles. The van der Waals surface area contributed by atoms with E-state index in [2.05, 4.69) is 22.9 Å². The first-order valence-electron chi connectivity index (χ1n) is 7.03. The van der Waals surface area contributed by atoms with Gasteiger partial charge in [0.1, 0.15) is 0 Å². The van der Waals surface area contributed by atoms with E-state index in [4.69, 9.17) is 0 Å². The number of carbonyl (C=O) groups is 2. The molecule has 1 atom stereocenters. The fourth-order valence-corrected chi connectivity index (χ4v) is 3.35. The molecule has 1 unspecified atom stereocenters. The fourth-order valence-electron chi connectivity index (χ4n) is 2.82. The number of amides is 1. The number of carbonyl (C=O) groups excluding carboxylic acids is 2. The molecule has 1 aromatic rings. The maximum Gasteiger partial charge on any atom is 0.299 e. The van der Waals surface area contributed by atoms with E-state index in [1.807, 2.05) is 26.0 Å². The first-order chi connectivity index (χ1) is 9.51. The minimum absolute atomic E-state index is 0.356. The number of hydrogen-bond acceptors (Lipinski definition) is 2. The predicted molar refractivity (Wildman–Crippen MR) is 84.8 cm³/mol. The smallest absolute Gasteiger partial charge is 0.299 e. The summed E-state index contributed by atoms with van der Waals surface area (Å²) in [5.41, 5.74) is 3.30. The summed E-state index contributed by atoms with van der Waals surface area (Å²) in [5.74, 6) is -0.354. The van der Waals surface area contributed by atoms with Crippen molar-refractivity contribution in [3.8, 4) is 0 Å². The quantitative estimate of drug-likeness (QED) is 0.607. The van der Waals surface area contributed by atoms with Crippen LogP contribution in [0.25, 0.3) is 0 Å². The lowest BCUT2D eigenvalue weighted by Gasteiger charge is -2.23. The van der Waals surface area contributed by atoms with Crippen molar-refractivity contribution >= 4 is 33.3 Å². The van der Waals surface area contributed by atoms with E-state index >= 15 is 0 Å². The van der Waals surface area contributed by atoms with Gasteiger partial charge in [0.15, 0.2) is 0 Å². The number of anilines is 1. The van der Waals surface area contributed by atoms with E-state index < -0.39 is 0 Å². The Bertz CT molecular complexity index is 554. The maximum atomic E-state index is 12.3. The van der Waals surface area contributed by atoms with Gasteiger partial charge in [0, 0.05) is 11.9 Å². The Morgan fingerprint density at radius 2 is 1.85 bits per heavy atom. The molecule has 0 N–H and O–H groups in total. The van der Waals surface area contributed by atoms with Crippen molar-refractivity contribution in [1.82, 2.24) is 0 Å². The molecule has 1 aliphatic heterocycles. The number of aryl methyl sites for hydroxylation is 2. The molecule has 1 heterocycles. The summed E-state index contributed by atoms with van der Waals surface area (Å²) in [6.45, 7) is 6.60. The summed E-state index contributed by atoms with van der Waals surface area (Å²) in [7, 11) is 0. The van der Waals surface area contributed by atoms with E-state index in [0.717, 1.165) is 35.0 Å². The number of alkyl halides is 1. The third kappa shape index (κ3) is 2.53. The number of benzene rings is 1. The average Bonchev–Trinajstić information content (AvgIpc) is 2.68. The fraction of sp³-hybridized carbons (Fsp3) is 0.500. The van der Waals surface area contributed by atoms with Crippen molar-refractivity contribution in [2.24, 2.45) is 5.92 Å². The molecule has 108 valence electrons. The highest BCUT2D eigenvalue weighted by molar-refractivity contribution is 9.09. The van der Waals surface area contributed by atoms with Crippen LogP contribution < -0.4 is 4.90 Å². The van der Waals surface area contributed by atoms with E-state index in [9.17, 15) is 9.59 Å². The Morgan fingerprint density at radius 3 is 2.45 bits per heavy atom. The number of ketones is 1. The third-order valence-electron chi connectivity index (χ3n) is 3.88. The standard InChI is InChI=1S/C16H20BrNO2/c1-4-5-12(8-17)9-18-14-11(3)7-6-10(2)13(14)15(19)16(18)20/h6-7,12H,4-5,8-9H2,1-3H3. The molecule has 1 aromatic carbocycles. The van der Waals surface area contributed by atoms with Crippen LogP contribution in [-0.2, 0) is 4.79 Å². The molecule has 0 fully saturated rings. The SMILES string of the molecule is CCCC(CBr)CN1C(=O)C(=O)c2c(C)ccc(C)c21. The van der Waals surface area contributed by atoms with E-state index in [1.54, 1.807) is 4.90 Å². The number of nitrogens with zero attached hydrogens (tertiary/aromatic N) is 1. The molecule has 0 radical (unpaired) electrons. The molecule has 4 heteroatoms. The Morgan fingerprint density at radius 1 is 1.20 bits per heavy atom. The second kappa shape index (κ2) is 6.08. The third-order valence-corrected chi connectivity index (χ3v) is 4.80. The lowest BCUT2D eigenvalue weighted by molar-refractivity contribution is -0.114. The highest BCUT2D eigenvalue weighted by Crippen LogP contribution is 2.35. The number of fused-ring (bicyclic) bond motifs is 1. The van der Waals surface area contributed by atoms with Gasteiger partial charge < -0.3 is 4.90 Å². The monoisotopic (exact) mass is 337 g/mol. The van der Waals surface area contributed by atoms with Crippen LogP contribution in [0.1, 0.15) is 41.3 Å². The number of rotatable bonds is 5. The summed E-state index contributed by atoms with van der Waals surface area (Å²) in [5, 5.41) is 0.846. The van der Waals surface area contributed by atoms with Gasteiger partial charge in [-0.3, -0.25) is 9.59 Å². The van der Waals surface area contributed by atoms with Crippen LogP contribution in [0.5, 0.6) is 0 Å². The van der Waals surface area contributed by atoms with Crippen molar-refractivity contribution in [1.29, 1.82) is 0 Å². The summed E-state index contributed by atoms with van der Waals surface area (Å²) in [6.07, 6.45) is 2.12. The summed E-state index contributed by atoms with van der Waals surface area (Å²) in [6, 6.07) is 3.90. The molecule has 1 amide bonds. The average molecular weight is 338 g/mol. The lowest BCUT2D eigenvalue weighted by atomic mass is 10.0. The summed E-state index contributed by atoms with van der Waals surface area (Å²) >= 11 is 3.51. The Balaban J connectivity index is 2.40. The molecular formula is C16H20BrNO2. The minimum atomic E-state index is -0.376. The van der Waals surface area contributed by atoms with Crippen LogP contribution in [0, 0.1) is 19.8 Å². The van der Waals surface area contributed by atoms with Crippen molar-refractivity contribution < 1.29 is 9.59 Å². The van der Waals surface area contributed by atoms with Gasteiger partial charge in [-0.2, -0.15) is 0 Å². The van der Waals surface area contributed by atoms with Crippen molar-refractivity contribution in [3.05, 3.63) is 28.8 Å². The molecule has 2 rings (SSSR count). The van der Waals surface area contributed by atoms with Gasteiger partial charge in [-0.15, -0.1) is 0 Å². The van der Waals surface area contributed by atoms with Crippen LogP contribution in [-0.4, -0.2) is 23.6 Å². The molecule has 0 bridgehead atoms. The number of hydrogen-bond donors (Lipinski definition) is 0. The Kier molecular flexibility index (Phi) is 4.63. The first-order valence-corrected chi connectivity index (χ1v) is 8.15. The predicted octanol–water partition coefficient (Wildman–Crippen LogP) is 3.64. The van der Waals surface area contributed by atoms with Gasteiger partial charge in [0.05, 0.1) is 11.3 Å². The normalized spacial score (nSPS) is 15.7. The van der Waals surface area contributed by atoms with Gasteiger partial charge in [0.25, 0.3) is 11.7 Å². The zero-order chi connectivity index (χ0) is 14.9. The molecule has 3 nitrogen and oxygen atoms in total. The van der Waals surface area contributed by atoms with Crippen molar-refractivity contribution in [2.45, 2.75) is 33.6 Å². The zero-order valence-corrected chi connectivity index (χ0v) is 13.8. The second-order valence-corrected chi connectivity index (χ2v) is 6.12. The Labute approximate surface area is 128 Å². The first kappa shape index (κ1) is 15.2. The van der Waals surface area contributed by atoms with Gasteiger partial charge in [-0.25, -0.2) is 0 Å². The molecule has 0 spiro atoms. The van der Waals surface area contributed by atoms with Gasteiger partial charge in [0.2, 0.25) is 0 Å². The van der Waals surface area contributed by atoms with Crippen LogP contribution in [0.3, 0.4) is 0 Å². The van der Waals surface area contributed by atoms with Gasteiger partial charge in [-0.1, -0.05) is 41.4 Å². The van der Waals surface area contributed by atoms with Gasteiger partial charge >= 0.3 is 0 Å². The summed E-state index contributed by atoms with van der Waals surface area (Å²) in [4.78, 5) is 26.2. The molecule has 0 saturated carbocycles. The second-order valence-electron chi connectivity index (χ2n) is 5.48. The molecule has 0 aromatic heterocycles. The number of Topliss-reactive ketones (excluding diaryl/α,β-unsaturated/α-hetero) is 1. The number of halogens is 1. The minimum Gasteiger partial charge on any atom is -0.304 e.